The molecule has 7 rings (SSSR count). The highest BCUT2D eigenvalue weighted by Crippen LogP contribution is 2.40. The van der Waals surface area contributed by atoms with Gasteiger partial charge in [0.1, 0.15) is 89.6 Å². The molecule has 23 nitrogen and oxygen atoms in total. The van der Waals surface area contributed by atoms with Crippen molar-refractivity contribution in [1.82, 2.24) is 5.32 Å². The lowest BCUT2D eigenvalue weighted by Gasteiger charge is -2.48. The number of rotatable bonds is 11. The summed E-state index contributed by atoms with van der Waals surface area (Å²) in [6.07, 6.45) is -25.5. The molecule has 354 valence electrons. The Balaban J connectivity index is 1.19. The van der Waals surface area contributed by atoms with E-state index >= 15 is 0 Å². The quantitative estimate of drug-likeness (QED) is 0.0641. The number of fused-ring (bicyclic) bond motifs is 1. The summed E-state index contributed by atoms with van der Waals surface area (Å²) in [7, 11) is 0. The topological polar surface area (TPSA) is 392 Å². The van der Waals surface area contributed by atoms with E-state index < -0.39 is 175 Å². The largest absolute Gasteiger partial charge is 0.508 e. The predicted octanol–water partition coefficient (Wildman–Crippen LogP) is -4.19. The van der Waals surface area contributed by atoms with E-state index in [1.807, 2.05) is 0 Å². The molecule has 64 heavy (non-hydrogen) atoms. The first-order valence-corrected chi connectivity index (χ1v) is 20.4. The summed E-state index contributed by atoms with van der Waals surface area (Å²) in [5, 5.41) is 162. The van der Waals surface area contributed by atoms with Gasteiger partial charge in [-0.25, -0.2) is 0 Å². The van der Waals surface area contributed by atoms with Crippen LogP contribution in [0, 0.1) is 5.92 Å². The normalized spacial score (nSPS) is 39.4. The molecular weight excluding hydrogens is 858 g/mol. The van der Waals surface area contributed by atoms with Crippen molar-refractivity contribution in [3.8, 4) is 40.1 Å². The van der Waals surface area contributed by atoms with Gasteiger partial charge in [-0.2, -0.15) is 0 Å². The predicted molar refractivity (Wildman–Crippen MR) is 213 cm³/mol. The van der Waals surface area contributed by atoms with Crippen LogP contribution in [0.25, 0.3) is 22.3 Å². The van der Waals surface area contributed by atoms with Crippen molar-refractivity contribution in [3.05, 3.63) is 52.2 Å². The molecule has 2 aliphatic carbocycles. The van der Waals surface area contributed by atoms with E-state index in [2.05, 4.69) is 5.32 Å². The highest BCUT2D eigenvalue weighted by atomic mass is 16.7. The standard InChI is InChI=1S/C41H53NO22/c1-12-5-22(29(51)31(53)25(12)42-17-6-15(10-43)27(49)33(55)28(17)50)62-38-23(11-59-40-35(57)32(54)26(48)13(2)60-40)63-41(36(58)34(38)56)64-39-30(52)24-20(47)8-16(44)9-21(24)61-37(39)14-3-4-18(45)19(46)7-14/h3-4,6-9,12-13,17,22-23,25-29,31-36,38,40-51,53-58H,5,10-11H2,1-2H3/t12-,13-,17?,22-,23+,25+,26-,27-,28-,29-,31-,32+,33-,34+,35+,36+,38?,40+,41?/m0/s1. The second-order valence-corrected chi connectivity index (χ2v) is 16.7. The summed E-state index contributed by atoms with van der Waals surface area (Å²) >= 11 is 0. The number of aliphatic hydroxyl groups is 11. The molecule has 0 radical (unpaired) electrons. The minimum atomic E-state index is -2.13. The number of aromatic hydroxyl groups is 4. The van der Waals surface area contributed by atoms with Gasteiger partial charge in [0.2, 0.25) is 17.5 Å². The van der Waals surface area contributed by atoms with Crippen molar-refractivity contribution < 1.29 is 105 Å². The maximum atomic E-state index is 14.1. The molecule has 23 heteroatoms. The number of ether oxygens (including phenoxy) is 5. The Hall–Kier alpha value is -4.25. The second kappa shape index (κ2) is 18.9. The third kappa shape index (κ3) is 9.00. The lowest BCUT2D eigenvalue weighted by atomic mass is 9.78. The number of phenols is 4. The van der Waals surface area contributed by atoms with Crippen molar-refractivity contribution in [2.24, 2.45) is 5.92 Å². The van der Waals surface area contributed by atoms with Gasteiger partial charge in [0.15, 0.2) is 23.5 Å². The molecule has 2 saturated heterocycles. The van der Waals surface area contributed by atoms with Gasteiger partial charge in [0.25, 0.3) is 0 Å². The van der Waals surface area contributed by atoms with Gasteiger partial charge in [-0.05, 0) is 43.0 Å². The average Bonchev–Trinajstić information content (AvgIpc) is 3.25. The van der Waals surface area contributed by atoms with Crippen LogP contribution in [-0.2, 0) is 18.9 Å². The highest BCUT2D eigenvalue weighted by Gasteiger charge is 2.52. The van der Waals surface area contributed by atoms with E-state index in [1.165, 1.54) is 19.1 Å². The van der Waals surface area contributed by atoms with Crippen LogP contribution >= 0.6 is 0 Å². The van der Waals surface area contributed by atoms with Gasteiger partial charge in [-0.15, -0.1) is 0 Å². The van der Waals surface area contributed by atoms with Crippen molar-refractivity contribution >= 4 is 11.0 Å². The Morgan fingerprint density at radius 1 is 0.734 bits per heavy atom. The van der Waals surface area contributed by atoms with Crippen molar-refractivity contribution in [2.75, 3.05) is 13.2 Å². The smallest absolute Gasteiger partial charge is 0.239 e. The van der Waals surface area contributed by atoms with Gasteiger partial charge < -0.3 is 110 Å². The summed E-state index contributed by atoms with van der Waals surface area (Å²) in [4.78, 5) is 14.1. The monoisotopic (exact) mass is 911 g/mol. The molecule has 2 aromatic carbocycles. The Bertz CT molecular complexity index is 2220. The average molecular weight is 912 g/mol. The Labute approximate surface area is 362 Å². The minimum absolute atomic E-state index is 0.0116. The van der Waals surface area contributed by atoms with Crippen LogP contribution < -0.4 is 15.5 Å². The maximum Gasteiger partial charge on any atom is 0.239 e. The van der Waals surface area contributed by atoms with Crippen LogP contribution in [0.2, 0.25) is 0 Å². The zero-order chi connectivity index (χ0) is 46.6. The number of aliphatic hydroxyl groups excluding tert-OH is 11. The van der Waals surface area contributed by atoms with Gasteiger partial charge in [0, 0.05) is 23.7 Å². The lowest BCUT2D eigenvalue weighted by molar-refractivity contribution is -0.328. The summed E-state index contributed by atoms with van der Waals surface area (Å²) in [6.45, 7) is 1.69. The van der Waals surface area contributed by atoms with E-state index in [0.29, 0.717) is 0 Å². The molecule has 0 bridgehead atoms. The van der Waals surface area contributed by atoms with Crippen LogP contribution in [0.5, 0.6) is 28.7 Å². The third-order valence-corrected chi connectivity index (χ3v) is 12.3. The minimum Gasteiger partial charge on any atom is -0.508 e. The summed E-state index contributed by atoms with van der Waals surface area (Å²) in [5.41, 5.74) is -1.53. The van der Waals surface area contributed by atoms with Crippen LogP contribution in [0.1, 0.15) is 20.3 Å². The molecule has 1 saturated carbocycles. The SMILES string of the molecule is C[C@@H]1O[C@@H](OC[C@H]2OC(Oc3c(-c4ccc(O)c(O)c4)oc4cc(O)cc(O)c4c3=O)[C@H](O)[C@@H](O)C2O[C@H]2C[C@H](C)[C@@H](NC3C=C(CO)[C@H](O)[C@H](O)[C@H]3O)[C@H](O)[C@H]2O)[C@H](O)[C@H](O)[C@H]1O. The van der Waals surface area contributed by atoms with E-state index in [4.69, 9.17) is 28.1 Å². The molecule has 1 aromatic heterocycles. The van der Waals surface area contributed by atoms with Crippen molar-refractivity contribution in [3.63, 3.8) is 0 Å². The Morgan fingerprint density at radius 2 is 1.44 bits per heavy atom. The van der Waals surface area contributed by atoms with E-state index in [9.17, 15) is 81.4 Å². The molecule has 3 unspecified atom stereocenters. The zero-order valence-electron chi connectivity index (χ0n) is 34.1. The van der Waals surface area contributed by atoms with Gasteiger partial charge in [0.05, 0.1) is 37.6 Å². The fourth-order valence-electron chi connectivity index (χ4n) is 8.58. The summed E-state index contributed by atoms with van der Waals surface area (Å²) in [6, 6.07) is 3.02. The van der Waals surface area contributed by atoms with Gasteiger partial charge in [-0.1, -0.05) is 13.0 Å². The van der Waals surface area contributed by atoms with Crippen molar-refractivity contribution in [2.45, 2.75) is 130 Å². The first-order valence-electron chi connectivity index (χ1n) is 20.4. The third-order valence-electron chi connectivity index (χ3n) is 12.3. The Kier molecular flexibility index (Phi) is 14.1. The number of benzene rings is 2. The highest BCUT2D eigenvalue weighted by molar-refractivity contribution is 5.88. The van der Waals surface area contributed by atoms with E-state index in [0.717, 1.165) is 24.3 Å². The molecular formula is C41H53NO22. The van der Waals surface area contributed by atoms with E-state index in [1.54, 1.807) is 6.92 Å². The molecule has 0 spiro atoms. The number of nitrogens with one attached hydrogen (secondary N) is 1. The zero-order valence-corrected chi connectivity index (χ0v) is 34.1. The number of phenolic OH excluding ortho intramolecular Hbond substituents is 4. The van der Waals surface area contributed by atoms with E-state index in [-0.39, 0.29) is 23.1 Å². The molecule has 0 amide bonds. The summed E-state index contributed by atoms with van der Waals surface area (Å²) < 4.78 is 35.4. The summed E-state index contributed by atoms with van der Waals surface area (Å²) in [5.74, 6) is -4.30. The lowest BCUT2D eigenvalue weighted by Crippen LogP contribution is -2.66. The van der Waals surface area contributed by atoms with Gasteiger partial charge in [-0.3, -0.25) is 4.79 Å². The van der Waals surface area contributed by atoms with Crippen LogP contribution in [-0.4, -0.2) is 200 Å². The second-order valence-electron chi connectivity index (χ2n) is 16.7. The molecule has 3 fully saturated rings. The van der Waals surface area contributed by atoms with Crippen LogP contribution in [0.4, 0.5) is 0 Å². The first-order chi connectivity index (χ1) is 30.2. The number of hydrogen-bond acceptors (Lipinski definition) is 23. The van der Waals surface area contributed by atoms with Crippen LogP contribution in [0.15, 0.2) is 51.2 Å². The molecule has 16 N–H and O–H groups in total. The molecule has 4 aliphatic rings. The van der Waals surface area contributed by atoms with Crippen molar-refractivity contribution in [1.29, 1.82) is 0 Å². The maximum absolute atomic E-state index is 14.1. The van der Waals surface area contributed by atoms with Gasteiger partial charge >= 0.3 is 0 Å². The molecule has 2 aliphatic heterocycles. The fraction of sp³-hybridized carbons (Fsp3) is 0.585. The molecule has 3 aromatic rings. The fourth-order valence-corrected chi connectivity index (χ4v) is 8.58. The molecule has 19 atom stereocenters. The van der Waals surface area contributed by atoms with Crippen LogP contribution in [0.3, 0.4) is 0 Å². The molecule has 3 heterocycles. The Morgan fingerprint density at radius 3 is 2.12 bits per heavy atom. The first kappa shape index (κ1) is 47.7. The number of hydrogen-bond donors (Lipinski definition) is 16.